The maximum Gasteiger partial charge on any atom is 0.257 e. The first kappa shape index (κ1) is 14.8. The predicted octanol–water partition coefficient (Wildman–Crippen LogP) is 2.91. The summed E-state index contributed by atoms with van der Waals surface area (Å²) < 4.78 is 14.3. The summed E-state index contributed by atoms with van der Waals surface area (Å²) in [7, 11) is 0. The van der Waals surface area contributed by atoms with Gasteiger partial charge < -0.3 is 10.2 Å². The third-order valence-corrected chi connectivity index (χ3v) is 3.50. The van der Waals surface area contributed by atoms with Crippen molar-refractivity contribution in [2.45, 2.75) is 39.7 Å². The number of hydrogen-bond donors (Lipinski definition) is 1. The van der Waals surface area contributed by atoms with Crippen LogP contribution in [0.3, 0.4) is 0 Å². The molecule has 0 saturated heterocycles. The zero-order valence-electron chi connectivity index (χ0n) is 12.3. The molecule has 5 heteroatoms. The van der Waals surface area contributed by atoms with Gasteiger partial charge in [-0.15, -0.1) is 0 Å². The molecule has 1 aliphatic rings. The average molecular weight is 279 g/mol. The standard InChI is InChI=1S/C15H22FN3O/c1-4-17-14-13(16)12(7-8-18-14)15(20)19(10(2)3)9-11-5-6-11/h7-8,10-11H,4-6,9H2,1-3H3,(H,17,18). The smallest absolute Gasteiger partial charge is 0.257 e. The van der Waals surface area contributed by atoms with Gasteiger partial charge in [0.15, 0.2) is 11.6 Å². The maximum absolute atomic E-state index is 14.3. The van der Waals surface area contributed by atoms with Crippen molar-refractivity contribution in [3.63, 3.8) is 0 Å². The first-order valence-corrected chi connectivity index (χ1v) is 7.24. The summed E-state index contributed by atoms with van der Waals surface area (Å²) in [4.78, 5) is 18.2. The minimum absolute atomic E-state index is 0.0678. The molecule has 0 spiro atoms. The molecule has 1 amide bonds. The van der Waals surface area contributed by atoms with Gasteiger partial charge in [-0.25, -0.2) is 9.37 Å². The van der Waals surface area contributed by atoms with E-state index < -0.39 is 5.82 Å². The van der Waals surface area contributed by atoms with Crippen molar-refractivity contribution in [2.75, 3.05) is 18.4 Å². The molecule has 0 aliphatic heterocycles. The van der Waals surface area contributed by atoms with Gasteiger partial charge in [-0.3, -0.25) is 4.79 Å². The molecular formula is C15H22FN3O. The largest absolute Gasteiger partial charge is 0.368 e. The van der Waals surface area contributed by atoms with E-state index in [1.54, 1.807) is 4.90 Å². The molecule has 110 valence electrons. The molecule has 1 aliphatic carbocycles. The Morgan fingerprint density at radius 3 is 2.80 bits per heavy atom. The lowest BCUT2D eigenvalue weighted by Crippen LogP contribution is -2.39. The van der Waals surface area contributed by atoms with Gasteiger partial charge in [0, 0.05) is 25.3 Å². The first-order valence-electron chi connectivity index (χ1n) is 7.24. The number of hydrogen-bond acceptors (Lipinski definition) is 3. The van der Waals surface area contributed by atoms with E-state index in [2.05, 4.69) is 10.3 Å². The number of anilines is 1. The van der Waals surface area contributed by atoms with E-state index in [1.807, 2.05) is 20.8 Å². The first-order chi connectivity index (χ1) is 9.54. The molecule has 1 heterocycles. The second-order valence-corrected chi connectivity index (χ2v) is 5.55. The summed E-state index contributed by atoms with van der Waals surface area (Å²) in [5.41, 5.74) is 0.102. The quantitative estimate of drug-likeness (QED) is 0.871. The van der Waals surface area contributed by atoms with Crippen LogP contribution in [0.1, 0.15) is 44.0 Å². The van der Waals surface area contributed by atoms with E-state index in [0.717, 1.165) is 19.4 Å². The molecule has 0 aromatic carbocycles. The molecule has 0 bridgehead atoms. The number of aromatic nitrogens is 1. The second kappa shape index (κ2) is 6.20. The number of amides is 1. The Morgan fingerprint density at radius 1 is 1.55 bits per heavy atom. The molecule has 0 radical (unpaired) electrons. The van der Waals surface area contributed by atoms with Crippen molar-refractivity contribution >= 4 is 11.7 Å². The highest BCUT2D eigenvalue weighted by atomic mass is 19.1. The zero-order valence-corrected chi connectivity index (χ0v) is 12.3. The summed E-state index contributed by atoms with van der Waals surface area (Å²) in [6.45, 7) is 7.07. The fraction of sp³-hybridized carbons (Fsp3) is 0.600. The summed E-state index contributed by atoms with van der Waals surface area (Å²) in [6, 6.07) is 1.53. The SMILES string of the molecule is CCNc1nccc(C(=O)N(CC2CC2)C(C)C)c1F. The molecule has 1 aromatic rings. The van der Waals surface area contributed by atoms with E-state index in [1.165, 1.54) is 12.3 Å². The summed E-state index contributed by atoms with van der Waals surface area (Å²) in [5.74, 6) is -0.0697. The Hall–Kier alpha value is -1.65. The number of carbonyl (C=O) groups excluding carboxylic acids is 1. The Morgan fingerprint density at radius 2 is 2.25 bits per heavy atom. The van der Waals surface area contributed by atoms with Crippen molar-refractivity contribution in [3.05, 3.63) is 23.6 Å². The van der Waals surface area contributed by atoms with Crippen LogP contribution in [0.5, 0.6) is 0 Å². The van der Waals surface area contributed by atoms with Gasteiger partial charge in [0.05, 0.1) is 5.56 Å². The molecular weight excluding hydrogens is 257 g/mol. The minimum Gasteiger partial charge on any atom is -0.368 e. The molecule has 1 aromatic heterocycles. The Kier molecular flexibility index (Phi) is 4.57. The van der Waals surface area contributed by atoms with Crippen LogP contribution in [0.2, 0.25) is 0 Å². The van der Waals surface area contributed by atoms with Gasteiger partial charge in [-0.1, -0.05) is 0 Å². The summed E-state index contributed by atoms with van der Waals surface area (Å²) >= 11 is 0. The highest BCUT2D eigenvalue weighted by Crippen LogP contribution is 2.31. The van der Waals surface area contributed by atoms with Crippen molar-refractivity contribution in [3.8, 4) is 0 Å². The van der Waals surface area contributed by atoms with Crippen molar-refractivity contribution in [1.29, 1.82) is 0 Å². The lowest BCUT2D eigenvalue weighted by molar-refractivity contribution is 0.0691. The number of halogens is 1. The van der Waals surface area contributed by atoms with Crippen LogP contribution in [0.4, 0.5) is 10.2 Å². The maximum atomic E-state index is 14.3. The van der Waals surface area contributed by atoms with E-state index in [9.17, 15) is 9.18 Å². The fourth-order valence-electron chi connectivity index (χ4n) is 2.16. The van der Waals surface area contributed by atoms with Crippen molar-refractivity contribution in [2.24, 2.45) is 5.92 Å². The lowest BCUT2D eigenvalue weighted by atomic mass is 10.1. The summed E-state index contributed by atoms with van der Waals surface area (Å²) in [6.07, 6.45) is 3.81. The third-order valence-electron chi connectivity index (χ3n) is 3.50. The molecule has 4 nitrogen and oxygen atoms in total. The van der Waals surface area contributed by atoms with Crippen LogP contribution in [-0.2, 0) is 0 Å². The monoisotopic (exact) mass is 279 g/mol. The van der Waals surface area contributed by atoms with Gasteiger partial charge in [0.25, 0.3) is 5.91 Å². The Bertz CT molecular complexity index is 486. The number of pyridine rings is 1. The number of carbonyl (C=O) groups is 1. The molecule has 2 rings (SSSR count). The van der Waals surface area contributed by atoms with Gasteiger partial charge >= 0.3 is 0 Å². The van der Waals surface area contributed by atoms with Crippen LogP contribution in [0.25, 0.3) is 0 Å². The molecule has 1 saturated carbocycles. The van der Waals surface area contributed by atoms with Crippen molar-refractivity contribution in [1.82, 2.24) is 9.88 Å². The van der Waals surface area contributed by atoms with Crippen LogP contribution in [-0.4, -0.2) is 34.9 Å². The number of rotatable bonds is 6. The highest BCUT2D eigenvalue weighted by molar-refractivity contribution is 5.95. The summed E-state index contributed by atoms with van der Waals surface area (Å²) in [5, 5.41) is 2.84. The molecule has 1 fully saturated rings. The van der Waals surface area contributed by atoms with Gasteiger partial charge in [-0.05, 0) is 45.6 Å². The third kappa shape index (κ3) is 3.26. The molecule has 20 heavy (non-hydrogen) atoms. The fourth-order valence-corrected chi connectivity index (χ4v) is 2.16. The van der Waals surface area contributed by atoms with E-state index >= 15 is 0 Å². The van der Waals surface area contributed by atoms with E-state index in [4.69, 9.17) is 0 Å². The van der Waals surface area contributed by atoms with E-state index in [0.29, 0.717) is 12.5 Å². The van der Waals surface area contributed by atoms with Crippen LogP contribution in [0, 0.1) is 11.7 Å². The normalized spacial score (nSPS) is 14.4. The number of nitrogens with zero attached hydrogens (tertiary/aromatic N) is 2. The highest BCUT2D eigenvalue weighted by Gasteiger charge is 2.30. The van der Waals surface area contributed by atoms with Crippen LogP contribution >= 0.6 is 0 Å². The van der Waals surface area contributed by atoms with E-state index in [-0.39, 0.29) is 23.3 Å². The van der Waals surface area contributed by atoms with Crippen LogP contribution < -0.4 is 5.32 Å². The Balaban J connectivity index is 2.23. The average Bonchev–Trinajstić information content (AvgIpc) is 3.21. The molecule has 1 N–H and O–H groups in total. The van der Waals surface area contributed by atoms with Gasteiger partial charge in [-0.2, -0.15) is 0 Å². The Labute approximate surface area is 119 Å². The van der Waals surface area contributed by atoms with Gasteiger partial charge in [0.2, 0.25) is 0 Å². The van der Waals surface area contributed by atoms with Crippen molar-refractivity contribution < 1.29 is 9.18 Å². The topological polar surface area (TPSA) is 45.2 Å². The minimum atomic E-state index is -0.555. The second-order valence-electron chi connectivity index (χ2n) is 5.55. The number of nitrogens with one attached hydrogen (secondary N) is 1. The molecule has 0 atom stereocenters. The van der Waals surface area contributed by atoms with Crippen LogP contribution in [0.15, 0.2) is 12.3 Å². The predicted molar refractivity (Wildman–Crippen MR) is 77.3 cm³/mol. The molecule has 0 unspecified atom stereocenters. The zero-order chi connectivity index (χ0) is 14.7. The lowest BCUT2D eigenvalue weighted by Gasteiger charge is -2.27. The van der Waals surface area contributed by atoms with Gasteiger partial charge in [0.1, 0.15) is 0 Å².